The number of nitrogens with two attached hydrogens (primary N) is 1. The van der Waals surface area contributed by atoms with Gasteiger partial charge in [-0.2, -0.15) is 9.78 Å². The van der Waals surface area contributed by atoms with Gasteiger partial charge in [0.1, 0.15) is 0 Å². The Labute approximate surface area is 108 Å². The summed E-state index contributed by atoms with van der Waals surface area (Å²) in [5.74, 6) is -0.0378. The average molecular weight is 296 g/mol. The summed E-state index contributed by atoms with van der Waals surface area (Å²) < 4.78 is 2.20. The first-order chi connectivity index (χ1) is 7.80. The van der Waals surface area contributed by atoms with Gasteiger partial charge in [0.05, 0.1) is 11.7 Å². The van der Waals surface area contributed by atoms with Crippen molar-refractivity contribution in [1.82, 2.24) is 9.78 Å². The van der Waals surface area contributed by atoms with E-state index in [9.17, 15) is 4.79 Å². The molecule has 2 aromatic rings. The fraction of sp³-hybridized carbons (Fsp3) is 0.333. The van der Waals surface area contributed by atoms with Gasteiger partial charge in [-0.1, -0.05) is 20.8 Å². The summed E-state index contributed by atoms with van der Waals surface area (Å²) in [6.45, 7) is 5.61. The number of aromatic nitrogens is 2. The van der Waals surface area contributed by atoms with E-state index in [-0.39, 0.29) is 5.91 Å². The minimum atomic E-state index is -0.465. The van der Waals surface area contributed by atoms with E-state index in [1.54, 1.807) is 12.3 Å². The van der Waals surface area contributed by atoms with Crippen molar-refractivity contribution >= 4 is 38.4 Å². The molecule has 0 aliphatic carbocycles. The molecule has 0 radical (unpaired) electrons. The summed E-state index contributed by atoms with van der Waals surface area (Å²) >= 11 is 3.36. The van der Waals surface area contributed by atoms with Gasteiger partial charge in [-0.15, -0.1) is 0 Å². The largest absolute Gasteiger partial charge is 0.398 e. The Hall–Kier alpha value is -1.36. The molecule has 0 spiro atoms. The number of carbonyl (C=O) groups excluding carboxylic acids is 1. The standard InChI is InChI=1S/C12H14BrN3O/c1-12(2,3)11(17)16-10-5-8(13)9(14)4-7(10)6-15-16/h4-6H,14H2,1-3H3. The van der Waals surface area contributed by atoms with E-state index in [1.165, 1.54) is 4.68 Å². The average Bonchev–Trinajstić information content (AvgIpc) is 2.59. The van der Waals surface area contributed by atoms with Gasteiger partial charge in [-0.3, -0.25) is 4.79 Å². The summed E-state index contributed by atoms with van der Waals surface area (Å²) in [5.41, 5.74) is 6.73. The molecule has 0 aliphatic heterocycles. The van der Waals surface area contributed by atoms with Crippen LogP contribution in [-0.2, 0) is 0 Å². The minimum Gasteiger partial charge on any atom is -0.398 e. The number of anilines is 1. The Kier molecular flexibility index (Phi) is 2.73. The Morgan fingerprint density at radius 1 is 1.41 bits per heavy atom. The maximum absolute atomic E-state index is 12.2. The lowest BCUT2D eigenvalue weighted by molar-refractivity contribution is 0.0755. The fourth-order valence-corrected chi connectivity index (χ4v) is 1.88. The van der Waals surface area contributed by atoms with Crippen LogP contribution in [0.1, 0.15) is 25.6 Å². The van der Waals surface area contributed by atoms with Crippen LogP contribution in [0, 0.1) is 5.41 Å². The van der Waals surface area contributed by atoms with Gasteiger partial charge in [0.25, 0.3) is 5.91 Å². The van der Waals surface area contributed by atoms with E-state index in [0.717, 1.165) is 15.4 Å². The molecule has 0 saturated carbocycles. The number of rotatable bonds is 0. The summed E-state index contributed by atoms with van der Waals surface area (Å²) in [6.07, 6.45) is 1.65. The smallest absolute Gasteiger partial charge is 0.252 e. The molecule has 17 heavy (non-hydrogen) atoms. The second-order valence-electron chi connectivity index (χ2n) is 5.04. The van der Waals surface area contributed by atoms with E-state index >= 15 is 0 Å². The third kappa shape index (κ3) is 2.07. The van der Waals surface area contributed by atoms with E-state index in [4.69, 9.17) is 5.73 Å². The first-order valence-corrected chi connectivity index (χ1v) is 6.07. The van der Waals surface area contributed by atoms with Crippen LogP contribution in [-0.4, -0.2) is 15.7 Å². The summed E-state index contributed by atoms with van der Waals surface area (Å²) in [5, 5.41) is 5.00. The molecule has 0 saturated heterocycles. The zero-order valence-electron chi connectivity index (χ0n) is 9.99. The fourth-order valence-electron chi connectivity index (χ4n) is 1.55. The third-order valence-electron chi connectivity index (χ3n) is 2.52. The first-order valence-electron chi connectivity index (χ1n) is 5.28. The summed E-state index contributed by atoms with van der Waals surface area (Å²) in [6, 6.07) is 3.63. The van der Waals surface area contributed by atoms with Crippen LogP contribution in [0.5, 0.6) is 0 Å². The molecule has 5 heteroatoms. The van der Waals surface area contributed by atoms with Crippen molar-refractivity contribution < 1.29 is 4.79 Å². The van der Waals surface area contributed by atoms with Crippen LogP contribution in [0.15, 0.2) is 22.8 Å². The van der Waals surface area contributed by atoms with Gasteiger partial charge in [0.15, 0.2) is 0 Å². The molecular weight excluding hydrogens is 282 g/mol. The highest BCUT2D eigenvalue weighted by atomic mass is 79.9. The molecule has 2 N–H and O–H groups in total. The van der Waals surface area contributed by atoms with Gasteiger partial charge in [-0.25, -0.2) is 0 Å². The van der Waals surface area contributed by atoms with E-state index in [2.05, 4.69) is 21.0 Å². The Bertz CT molecular complexity index is 596. The van der Waals surface area contributed by atoms with Crippen LogP contribution in [0.2, 0.25) is 0 Å². The van der Waals surface area contributed by atoms with Gasteiger partial charge in [-0.05, 0) is 28.1 Å². The third-order valence-corrected chi connectivity index (χ3v) is 3.21. The number of hydrogen-bond acceptors (Lipinski definition) is 3. The number of carbonyl (C=O) groups is 1. The lowest BCUT2D eigenvalue weighted by atomic mass is 9.96. The Morgan fingerprint density at radius 2 is 2.06 bits per heavy atom. The maximum Gasteiger partial charge on any atom is 0.252 e. The molecule has 0 aliphatic rings. The highest BCUT2D eigenvalue weighted by molar-refractivity contribution is 9.10. The second-order valence-corrected chi connectivity index (χ2v) is 5.90. The van der Waals surface area contributed by atoms with Crippen LogP contribution >= 0.6 is 15.9 Å². The molecule has 0 atom stereocenters. The van der Waals surface area contributed by atoms with E-state index in [1.807, 2.05) is 26.8 Å². The second kappa shape index (κ2) is 3.84. The number of nitrogen functional groups attached to an aromatic ring is 1. The van der Waals surface area contributed by atoms with Gasteiger partial charge in [0, 0.05) is 21.0 Å². The summed E-state index contributed by atoms with van der Waals surface area (Å²) in [7, 11) is 0. The van der Waals surface area contributed by atoms with Crippen molar-refractivity contribution in [2.45, 2.75) is 20.8 Å². The van der Waals surface area contributed by atoms with E-state index in [0.29, 0.717) is 5.69 Å². The van der Waals surface area contributed by atoms with Gasteiger partial charge >= 0.3 is 0 Å². The van der Waals surface area contributed by atoms with Crippen molar-refractivity contribution in [1.29, 1.82) is 0 Å². The van der Waals surface area contributed by atoms with Crippen molar-refractivity contribution in [2.24, 2.45) is 5.41 Å². The molecule has 0 unspecified atom stereocenters. The predicted molar refractivity (Wildman–Crippen MR) is 71.9 cm³/mol. The van der Waals surface area contributed by atoms with Crippen LogP contribution in [0.25, 0.3) is 10.9 Å². The Balaban J connectivity index is 2.65. The van der Waals surface area contributed by atoms with Crippen LogP contribution < -0.4 is 5.73 Å². The number of benzene rings is 1. The highest BCUT2D eigenvalue weighted by Gasteiger charge is 2.25. The zero-order chi connectivity index (χ0) is 12.8. The highest BCUT2D eigenvalue weighted by Crippen LogP contribution is 2.27. The number of nitrogens with zero attached hydrogens (tertiary/aromatic N) is 2. The SMILES string of the molecule is CC(C)(C)C(=O)n1ncc2cc(N)c(Br)cc21. The van der Waals surface area contributed by atoms with Crippen LogP contribution in [0.4, 0.5) is 5.69 Å². The number of hydrogen-bond donors (Lipinski definition) is 1. The molecule has 0 fully saturated rings. The molecule has 1 aromatic heterocycles. The quantitative estimate of drug-likeness (QED) is 0.760. The molecule has 90 valence electrons. The normalized spacial score (nSPS) is 12.0. The molecule has 1 aromatic carbocycles. The number of halogens is 1. The Morgan fingerprint density at radius 3 is 2.65 bits per heavy atom. The van der Waals surface area contributed by atoms with Crippen molar-refractivity contribution in [3.05, 3.63) is 22.8 Å². The van der Waals surface area contributed by atoms with Crippen molar-refractivity contribution in [3.8, 4) is 0 Å². The zero-order valence-corrected chi connectivity index (χ0v) is 11.6. The first kappa shape index (κ1) is 12.1. The van der Waals surface area contributed by atoms with Crippen molar-refractivity contribution in [3.63, 3.8) is 0 Å². The molecule has 1 heterocycles. The topological polar surface area (TPSA) is 60.9 Å². The minimum absolute atomic E-state index is 0.0378. The molecule has 4 nitrogen and oxygen atoms in total. The maximum atomic E-state index is 12.2. The molecule has 0 amide bonds. The lowest BCUT2D eigenvalue weighted by Gasteiger charge is -2.16. The van der Waals surface area contributed by atoms with E-state index < -0.39 is 5.41 Å². The van der Waals surface area contributed by atoms with Crippen molar-refractivity contribution in [2.75, 3.05) is 5.73 Å². The lowest BCUT2D eigenvalue weighted by Crippen LogP contribution is -2.27. The van der Waals surface area contributed by atoms with Crippen LogP contribution in [0.3, 0.4) is 0 Å². The van der Waals surface area contributed by atoms with Gasteiger partial charge in [0.2, 0.25) is 0 Å². The van der Waals surface area contributed by atoms with Gasteiger partial charge < -0.3 is 5.73 Å². The summed E-state index contributed by atoms with van der Waals surface area (Å²) in [4.78, 5) is 12.2. The molecule has 2 rings (SSSR count). The molecule has 0 bridgehead atoms. The monoisotopic (exact) mass is 295 g/mol. The number of fused-ring (bicyclic) bond motifs is 1. The predicted octanol–water partition coefficient (Wildman–Crippen LogP) is 3.07. The molecular formula is C12H14BrN3O.